The molecular weight excluding hydrogens is 547 g/mol. The maximum absolute atomic E-state index is 14.2. The molecule has 15 heteroatoms. The average molecular weight is 577 g/mol. The van der Waals surface area contributed by atoms with Crippen molar-refractivity contribution in [2.45, 2.75) is 45.4 Å². The van der Waals surface area contributed by atoms with Crippen molar-refractivity contribution in [1.82, 2.24) is 38.6 Å². The Bertz CT molecular complexity index is 1830. The summed E-state index contributed by atoms with van der Waals surface area (Å²) in [5.74, 6) is -0.0556. The zero-order valence-corrected chi connectivity index (χ0v) is 23.5. The Morgan fingerprint density at radius 1 is 1.12 bits per heavy atom. The molecule has 1 aliphatic carbocycles. The number of Topliss-reactive ketones (excluding diaryl/α,β-unsaturated/α-hetero) is 1. The number of aromatic nitrogens is 8. The van der Waals surface area contributed by atoms with Crippen LogP contribution < -0.4 is 21.5 Å². The lowest BCUT2D eigenvalue weighted by molar-refractivity contribution is -0.120. The van der Waals surface area contributed by atoms with Gasteiger partial charge >= 0.3 is 5.69 Å². The van der Waals surface area contributed by atoms with Gasteiger partial charge in [-0.2, -0.15) is 0 Å². The number of ketones is 1. The summed E-state index contributed by atoms with van der Waals surface area (Å²) in [4.78, 5) is 74.8. The van der Waals surface area contributed by atoms with Crippen LogP contribution in [0.5, 0.6) is 0 Å². The largest absolute Gasteiger partial charge is 0.340 e. The molecule has 2 unspecified atom stereocenters. The summed E-state index contributed by atoms with van der Waals surface area (Å²) >= 11 is 0. The predicted molar refractivity (Wildman–Crippen MR) is 150 cm³/mol. The van der Waals surface area contributed by atoms with Crippen molar-refractivity contribution in [3.63, 3.8) is 0 Å². The van der Waals surface area contributed by atoms with E-state index in [0.29, 0.717) is 30.3 Å². The summed E-state index contributed by atoms with van der Waals surface area (Å²) in [5, 5.41) is 2.70. The van der Waals surface area contributed by atoms with Crippen molar-refractivity contribution in [3.05, 3.63) is 52.0 Å². The van der Waals surface area contributed by atoms with E-state index in [-0.39, 0.29) is 47.6 Å². The van der Waals surface area contributed by atoms with Gasteiger partial charge in [0.1, 0.15) is 11.7 Å². The second-order valence-corrected chi connectivity index (χ2v) is 10.9. The molecule has 0 bridgehead atoms. The van der Waals surface area contributed by atoms with E-state index in [0.717, 1.165) is 4.57 Å². The van der Waals surface area contributed by atoms with Crippen LogP contribution in [0.1, 0.15) is 33.2 Å². The molecule has 3 atom stereocenters. The highest BCUT2D eigenvalue weighted by Gasteiger charge is 2.67. The molecule has 218 valence electrons. The molecule has 2 aliphatic rings. The number of amides is 1. The molecule has 1 N–H and O–H groups in total. The van der Waals surface area contributed by atoms with E-state index in [4.69, 9.17) is 0 Å². The number of aryl methyl sites for hydroxylation is 1. The number of fused-ring (bicyclic) bond motifs is 2. The van der Waals surface area contributed by atoms with Crippen molar-refractivity contribution >= 4 is 34.6 Å². The maximum atomic E-state index is 14.2. The van der Waals surface area contributed by atoms with Gasteiger partial charge in [0.05, 0.1) is 31.0 Å². The van der Waals surface area contributed by atoms with E-state index in [2.05, 4.69) is 30.2 Å². The minimum atomic E-state index is -1.09. The van der Waals surface area contributed by atoms with Gasteiger partial charge in [0.2, 0.25) is 11.9 Å². The van der Waals surface area contributed by atoms with Crippen molar-refractivity contribution in [3.8, 4) is 11.3 Å². The van der Waals surface area contributed by atoms with Gasteiger partial charge in [-0.25, -0.2) is 29.1 Å². The van der Waals surface area contributed by atoms with Gasteiger partial charge in [-0.15, -0.1) is 0 Å². The number of piperidine rings is 1. The first-order valence-corrected chi connectivity index (χ1v) is 13.6. The van der Waals surface area contributed by atoms with E-state index in [1.165, 1.54) is 34.9 Å². The predicted octanol–water partition coefficient (Wildman–Crippen LogP) is 1.12. The van der Waals surface area contributed by atoms with E-state index in [9.17, 15) is 23.6 Å². The number of nitrogens with one attached hydrogen (secondary N) is 1. The number of hydrogen-bond donors (Lipinski definition) is 1. The van der Waals surface area contributed by atoms with E-state index in [1.54, 1.807) is 33.2 Å². The average Bonchev–Trinajstić information content (AvgIpc) is 3.41. The molecule has 4 aromatic rings. The third-order valence-electron chi connectivity index (χ3n) is 8.35. The Morgan fingerprint density at radius 2 is 1.81 bits per heavy atom. The molecule has 0 aromatic carbocycles. The molecule has 1 aliphatic heterocycles. The zero-order chi connectivity index (χ0) is 29.9. The number of anilines is 2. The standard InChI is InChI=1S/C27H29FN10O4/c1-5-16(39)10-37-24(41)21-22(35(4)26(37)42)32-13-38(21)14(2)23(40)34-20-9-29-8-19(33-20)15-6-30-25(31-7-15)36-11-17-18(12-36)27(17,3)28/h6-9,13-14,17-18H,5,10-12H2,1-4H3,(H,33,34,40)/t14-,17?,18?,27?/m0/s1. The molecule has 2 fully saturated rings. The Hall–Kier alpha value is -4.82. The zero-order valence-electron chi connectivity index (χ0n) is 23.5. The summed E-state index contributed by atoms with van der Waals surface area (Å²) in [7, 11) is 1.45. The van der Waals surface area contributed by atoms with Crippen molar-refractivity contribution < 1.29 is 14.0 Å². The first kappa shape index (κ1) is 27.4. The third-order valence-corrected chi connectivity index (χ3v) is 8.35. The van der Waals surface area contributed by atoms with Crippen LogP contribution in [-0.4, -0.2) is 69.1 Å². The van der Waals surface area contributed by atoms with Gasteiger partial charge in [-0.1, -0.05) is 6.92 Å². The fourth-order valence-corrected chi connectivity index (χ4v) is 5.53. The fourth-order valence-electron chi connectivity index (χ4n) is 5.53. The normalized spacial score (nSPS) is 21.8. The van der Waals surface area contributed by atoms with Gasteiger partial charge in [-0.3, -0.25) is 28.5 Å². The molecule has 14 nitrogen and oxygen atoms in total. The van der Waals surface area contributed by atoms with Gasteiger partial charge in [-0.05, 0) is 13.8 Å². The summed E-state index contributed by atoms with van der Waals surface area (Å²) < 4.78 is 17.6. The van der Waals surface area contributed by atoms with Crippen LogP contribution >= 0.6 is 0 Å². The summed E-state index contributed by atoms with van der Waals surface area (Å²) in [6, 6.07) is -0.929. The Balaban J connectivity index is 1.20. The summed E-state index contributed by atoms with van der Waals surface area (Å²) in [6.45, 7) is 5.66. The SMILES string of the molecule is CCC(=O)Cn1c(=O)c2c(ncn2[C@@H](C)C(=O)Nc2cncc(-c3cnc(N4CC5C(C4)C5(C)F)nc3)n2)n(C)c1=O. The van der Waals surface area contributed by atoms with Crippen molar-refractivity contribution in [2.75, 3.05) is 23.3 Å². The van der Waals surface area contributed by atoms with Crippen LogP contribution in [0.2, 0.25) is 0 Å². The lowest BCUT2D eigenvalue weighted by Gasteiger charge is -2.20. The highest BCUT2D eigenvalue weighted by molar-refractivity contribution is 5.93. The van der Waals surface area contributed by atoms with Crippen molar-refractivity contribution in [1.29, 1.82) is 0 Å². The first-order chi connectivity index (χ1) is 20.0. The van der Waals surface area contributed by atoms with Crippen LogP contribution in [0.4, 0.5) is 16.2 Å². The number of carbonyl (C=O) groups is 2. The first-order valence-electron chi connectivity index (χ1n) is 13.6. The lowest BCUT2D eigenvalue weighted by atomic mass is 10.2. The van der Waals surface area contributed by atoms with E-state index in [1.807, 2.05) is 4.90 Å². The minimum absolute atomic E-state index is 0.0205. The van der Waals surface area contributed by atoms with E-state index < -0.39 is 28.9 Å². The summed E-state index contributed by atoms with van der Waals surface area (Å²) in [6.07, 6.45) is 7.58. The molecule has 5 heterocycles. The molecule has 42 heavy (non-hydrogen) atoms. The molecule has 6 rings (SSSR count). The van der Waals surface area contributed by atoms with Crippen LogP contribution in [-0.2, 0) is 23.2 Å². The Morgan fingerprint density at radius 3 is 2.48 bits per heavy atom. The van der Waals surface area contributed by atoms with Gasteiger partial charge < -0.3 is 14.8 Å². The number of nitrogens with zero attached hydrogens (tertiary/aromatic N) is 9. The Kier molecular flexibility index (Phi) is 6.46. The molecule has 1 saturated heterocycles. The van der Waals surface area contributed by atoms with Crippen LogP contribution in [0, 0.1) is 11.8 Å². The number of rotatable bonds is 8. The number of imidazole rings is 1. The van der Waals surface area contributed by atoms with Crippen LogP contribution in [0.3, 0.4) is 0 Å². The van der Waals surface area contributed by atoms with Gasteiger partial charge in [0.15, 0.2) is 22.8 Å². The monoisotopic (exact) mass is 576 g/mol. The van der Waals surface area contributed by atoms with Gasteiger partial charge in [0.25, 0.3) is 5.56 Å². The fraction of sp³-hybridized carbons (Fsp3) is 0.444. The molecule has 0 spiro atoms. The number of halogens is 1. The van der Waals surface area contributed by atoms with Crippen LogP contribution in [0.15, 0.2) is 40.7 Å². The molecule has 0 radical (unpaired) electrons. The molecule has 4 aromatic heterocycles. The number of alkyl halides is 1. The summed E-state index contributed by atoms with van der Waals surface area (Å²) in [5.41, 5.74) is -1.33. The quantitative estimate of drug-likeness (QED) is 0.322. The molecular formula is C27H29FN10O4. The third kappa shape index (κ3) is 4.44. The maximum Gasteiger partial charge on any atom is 0.332 e. The van der Waals surface area contributed by atoms with Gasteiger partial charge in [0, 0.05) is 56.4 Å². The second-order valence-electron chi connectivity index (χ2n) is 10.9. The van der Waals surface area contributed by atoms with Crippen LogP contribution in [0.25, 0.3) is 22.4 Å². The number of hydrogen-bond acceptors (Lipinski definition) is 10. The number of carbonyl (C=O) groups excluding carboxylic acids is 2. The highest BCUT2D eigenvalue weighted by atomic mass is 19.1. The highest BCUT2D eigenvalue weighted by Crippen LogP contribution is 2.58. The Labute approximate surface area is 238 Å². The smallest absolute Gasteiger partial charge is 0.332 e. The minimum Gasteiger partial charge on any atom is -0.340 e. The lowest BCUT2D eigenvalue weighted by Crippen LogP contribution is -2.41. The molecule has 1 saturated carbocycles. The second kappa shape index (κ2) is 9.92. The topological polar surface area (TPSA) is 163 Å². The van der Waals surface area contributed by atoms with E-state index >= 15 is 0 Å². The van der Waals surface area contributed by atoms with Crippen molar-refractivity contribution in [2.24, 2.45) is 18.9 Å². The molecule has 1 amide bonds.